The van der Waals surface area contributed by atoms with Gasteiger partial charge in [0.25, 0.3) is 0 Å². The normalized spacial score (nSPS) is 30.9. The van der Waals surface area contributed by atoms with E-state index in [0.29, 0.717) is 12.5 Å². The van der Waals surface area contributed by atoms with Gasteiger partial charge in [0.05, 0.1) is 0 Å². The fourth-order valence-electron chi connectivity index (χ4n) is 2.30. The number of allylic oxidation sites excluding steroid dienone is 2. The number of hydrogen-bond donors (Lipinski definition) is 3. The molecular formula is C11H16N2O2. The van der Waals surface area contributed by atoms with Crippen molar-refractivity contribution in [2.75, 3.05) is 6.54 Å². The predicted octanol–water partition coefficient (Wildman–Crippen LogP) is 0.263. The number of carboxylic acids is 1. The van der Waals surface area contributed by atoms with Crippen LogP contribution in [0.1, 0.15) is 12.8 Å². The average Bonchev–Trinajstić information content (AvgIpc) is 2.62. The summed E-state index contributed by atoms with van der Waals surface area (Å²) < 4.78 is 0. The molecule has 0 amide bonds. The van der Waals surface area contributed by atoms with Crippen molar-refractivity contribution < 1.29 is 9.90 Å². The van der Waals surface area contributed by atoms with E-state index in [1.54, 1.807) is 0 Å². The van der Waals surface area contributed by atoms with E-state index < -0.39 is 12.0 Å². The standard InChI is InChI=1S/C11H16N2O2/c12-9(11(14)15)5-7-6-13-10-4-2-1-3-8(7)10/h1-3,7,9-10,13H,4-6,12H2,(H,14,15)/t7?,9-,10?/m0/s1. The molecule has 2 unspecified atom stereocenters. The molecule has 3 atom stereocenters. The molecule has 1 saturated heterocycles. The molecule has 2 rings (SSSR count). The first-order valence-corrected chi connectivity index (χ1v) is 5.27. The zero-order valence-corrected chi connectivity index (χ0v) is 8.52. The van der Waals surface area contributed by atoms with E-state index in [1.807, 2.05) is 6.08 Å². The van der Waals surface area contributed by atoms with Crippen LogP contribution in [-0.4, -0.2) is 29.7 Å². The van der Waals surface area contributed by atoms with E-state index >= 15 is 0 Å². The molecule has 0 radical (unpaired) electrons. The number of nitrogens with one attached hydrogen (secondary N) is 1. The number of aliphatic carboxylic acids is 1. The molecule has 0 aromatic carbocycles. The van der Waals surface area contributed by atoms with Crippen LogP contribution in [0.4, 0.5) is 0 Å². The van der Waals surface area contributed by atoms with Crippen LogP contribution in [0.2, 0.25) is 0 Å². The lowest BCUT2D eigenvalue weighted by Crippen LogP contribution is -2.33. The summed E-state index contributed by atoms with van der Waals surface area (Å²) in [5.74, 6) is -0.628. The minimum absolute atomic E-state index is 0.283. The first-order valence-electron chi connectivity index (χ1n) is 5.27. The van der Waals surface area contributed by atoms with Crippen molar-refractivity contribution in [2.45, 2.75) is 24.9 Å². The Labute approximate surface area is 88.8 Å². The average molecular weight is 208 g/mol. The Bertz CT molecular complexity index is 323. The summed E-state index contributed by atoms with van der Waals surface area (Å²) in [7, 11) is 0. The summed E-state index contributed by atoms with van der Waals surface area (Å²) in [6.07, 6.45) is 7.79. The number of nitrogens with two attached hydrogens (primary N) is 1. The quantitative estimate of drug-likeness (QED) is 0.622. The van der Waals surface area contributed by atoms with Gasteiger partial charge in [-0.25, -0.2) is 0 Å². The zero-order chi connectivity index (χ0) is 10.8. The second-order valence-corrected chi connectivity index (χ2v) is 4.17. The highest BCUT2D eigenvalue weighted by Gasteiger charge is 2.32. The Kier molecular flexibility index (Phi) is 2.88. The second-order valence-electron chi connectivity index (χ2n) is 4.17. The monoisotopic (exact) mass is 208 g/mol. The molecule has 1 aliphatic heterocycles. The van der Waals surface area contributed by atoms with Crippen molar-refractivity contribution in [3.8, 4) is 0 Å². The fourth-order valence-corrected chi connectivity index (χ4v) is 2.30. The Morgan fingerprint density at radius 3 is 3.27 bits per heavy atom. The van der Waals surface area contributed by atoms with Crippen molar-refractivity contribution in [1.29, 1.82) is 0 Å². The van der Waals surface area contributed by atoms with Gasteiger partial charge in [-0.3, -0.25) is 4.79 Å². The van der Waals surface area contributed by atoms with E-state index in [1.165, 1.54) is 5.57 Å². The number of carboxylic acid groups (broad SMARTS) is 1. The highest BCUT2D eigenvalue weighted by atomic mass is 16.4. The third-order valence-electron chi connectivity index (χ3n) is 3.14. The third kappa shape index (κ3) is 2.11. The largest absolute Gasteiger partial charge is 0.480 e. The molecule has 1 heterocycles. The van der Waals surface area contributed by atoms with Crippen LogP contribution < -0.4 is 11.1 Å². The van der Waals surface area contributed by atoms with Gasteiger partial charge in [-0.1, -0.05) is 18.2 Å². The van der Waals surface area contributed by atoms with Gasteiger partial charge in [0.1, 0.15) is 6.04 Å². The van der Waals surface area contributed by atoms with Gasteiger partial charge in [-0.05, 0) is 24.3 Å². The Morgan fingerprint density at radius 1 is 1.73 bits per heavy atom. The first kappa shape index (κ1) is 10.4. The third-order valence-corrected chi connectivity index (χ3v) is 3.14. The molecule has 1 fully saturated rings. The SMILES string of the molecule is N[C@@H](CC1CNC2CC=CC=C12)C(=O)O. The van der Waals surface area contributed by atoms with Gasteiger partial charge in [-0.2, -0.15) is 0 Å². The van der Waals surface area contributed by atoms with E-state index in [2.05, 4.69) is 17.5 Å². The minimum Gasteiger partial charge on any atom is -0.480 e. The lowest BCUT2D eigenvalue weighted by molar-refractivity contribution is -0.138. The molecule has 0 saturated carbocycles. The predicted molar refractivity (Wildman–Crippen MR) is 57.3 cm³/mol. The van der Waals surface area contributed by atoms with Crippen LogP contribution in [0.15, 0.2) is 23.8 Å². The molecule has 0 bridgehead atoms. The smallest absolute Gasteiger partial charge is 0.320 e. The van der Waals surface area contributed by atoms with Gasteiger partial charge in [0.15, 0.2) is 0 Å². The summed E-state index contributed by atoms with van der Waals surface area (Å²) in [5.41, 5.74) is 6.86. The van der Waals surface area contributed by atoms with Gasteiger partial charge >= 0.3 is 5.97 Å². The van der Waals surface area contributed by atoms with E-state index in [4.69, 9.17) is 10.8 Å². The van der Waals surface area contributed by atoms with Crippen molar-refractivity contribution in [3.63, 3.8) is 0 Å². The van der Waals surface area contributed by atoms with Gasteiger partial charge in [0, 0.05) is 12.6 Å². The molecule has 1 aliphatic carbocycles. The van der Waals surface area contributed by atoms with Crippen molar-refractivity contribution in [1.82, 2.24) is 5.32 Å². The summed E-state index contributed by atoms with van der Waals surface area (Å²) >= 11 is 0. The van der Waals surface area contributed by atoms with Gasteiger partial charge in [0.2, 0.25) is 0 Å². The molecule has 4 heteroatoms. The van der Waals surface area contributed by atoms with Crippen LogP contribution in [0.3, 0.4) is 0 Å². The lowest BCUT2D eigenvalue weighted by Gasteiger charge is -2.18. The Balaban J connectivity index is 2.02. The number of rotatable bonds is 3. The van der Waals surface area contributed by atoms with E-state index in [-0.39, 0.29) is 5.92 Å². The number of hydrogen-bond acceptors (Lipinski definition) is 3. The van der Waals surface area contributed by atoms with Crippen LogP contribution in [-0.2, 0) is 4.79 Å². The molecule has 82 valence electrons. The lowest BCUT2D eigenvalue weighted by atomic mass is 9.88. The number of fused-ring (bicyclic) bond motifs is 1. The molecule has 15 heavy (non-hydrogen) atoms. The molecular weight excluding hydrogens is 192 g/mol. The number of carbonyl (C=O) groups is 1. The summed E-state index contributed by atoms with van der Waals surface area (Å²) in [4.78, 5) is 10.7. The van der Waals surface area contributed by atoms with E-state index in [9.17, 15) is 4.79 Å². The molecule has 0 aromatic rings. The van der Waals surface area contributed by atoms with Crippen LogP contribution in [0, 0.1) is 5.92 Å². The maximum atomic E-state index is 10.7. The fraction of sp³-hybridized carbons (Fsp3) is 0.545. The Hall–Kier alpha value is -1.13. The molecule has 0 aromatic heterocycles. The second kappa shape index (κ2) is 4.16. The summed E-state index contributed by atoms with van der Waals surface area (Å²) in [5, 5.41) is 12.1. The zero-order valence-electron chi connectivity index (χ0n) is 8.52. The van der Waals surface area contributed by atoms with Crippen molar-refractivity contribution in [3.05, 3.63) is 23.8 Å². The summed E-state index contributed by atoms with van der Waals surface area (Å²) in [6.45, 7) is 0.846. The van der Waals surface area contributed by atoms with Crippen molar-refractivity contribution in [2.24, 2.45) is 11.7 Å². The highest BCUT2D eigenvalue weighted by Crippen LogP contribution is 2.29. The molecule has 4 N–H and O–H groups in total. The van der Waals surface area contributed by atoms with Crippen molar-refractivity contribution >= 4 is 5.97 Å². The van der Waals surface area contributed by atoms with Crippen LogP contribution in [0.5, 0.6) is 0 Å². The maximum absolute atomic E-state index is 10.7. The first-order chi connectivity index (χ1) is 7.18. The van der Waals surface area contributed by atoms with Gasteiger partial charge < -0.3 is 16.2 Å². The Morgan fingerprint density at radius 2 is 2.53 bits per heavy atom. The van der Waals surface area contributed by atoms with Crippen LogP contribution >= 0.6 is 0 Å². The highest BCUT2D eigenvalue weighted by molar-refractivity contribution is 5.73. The topological polar surface area (TPSA) is 75.3 Å². The molecule has 4 nitrogen and oxygen atoms in total. The maximum Gasteiger partial charge on any atom is 0.320 e. The summed E-state index contributed by atoms with van der Waals surface area (Å²) in [6, 6.07) is -0.344. The minimum atomic E-state index is -0.912. The molecule has 2 aliphatic rings. The van der Waals surface area contributed by atoms with Gasteiger partial charge in [-0.15, -0.1) is 0 Å². The van der Waals surface area contributed by atoms with Crippen LogP contribution in [0.25, 0.3) is 0 Å². The van der Waals surface area contributed by atoms with E-state index in [0.717, 1.165) is 13.0 Å². The molecule has 0 spiro atoms.